The number of carbonyl (C=O) groups is 1. The molecule has 2 unspecified atom stereocenters. The third kappa shape index (κ3) is 3.44. The Morgan fingerprint density at radius 2 is 2.24 bits per heavy atom. The summed E-state index contributed by atoms with van der Waals surface area (Å²) in [4.78, 5) is 10.9. The first-order valence-electron chi connectivity index (χ1n) is 5.29. The summed E-state index contributed by atoms with van der Waals surface area (Å²) in [7, 11) is 1.88. The van der Waals surface area contributed by atoms with Crippen molar-refractivity contribution in [3.8, 4) is 0 Å². The van der Waals surface area contributed by atoms with Crippen molar-refractivity contribution < 1.29 is 9.90 Å². The number of nitrogens with two attached hydrogens (primary N) is 1. The van der Waals surface area contributed by atoms with Crippen molar-refractivity contribution in [3.05, 3.63) is 5.82 Å². The number of aliphatic carboxylic acids is 1. The first-order valence-corrected chi connectivity index (χ1v) is 6.17. The number of nitrogens with zero attached hydrogens (tertiary/aromatic N) is 3. The van der Waals surface area contributed by atoms with Crippen LogP contribution in [0.5, 0.6) is 0 Å². The lowest BCUT2D eigenvalue weighted by Crippen LogP contribution is -2.46. The van der Waals surface area contributed by atoms with Crippen LogP contribution in [-0.2, 0) is 11.8 Å². The molecule has 0 bridgehead atoms. The van der Waals surface area contributed by atoms with Crippen molar-refractivity contribution in [3.63, 3.8) is 0 Å². The SMILES string of the molecule is Cc1nnc(SC(C)CC(C)(N)C(=O)O)n1C. The van der Waals surface area contributed by atoms with Crippen molar-refractivity contribution in [2.24, 2.45) is 12.8 Å². The number of hydrogen-bond acceptors (Lipinski definition) is 5. The summed E-state index contributed by atoms with van der Waals surface area (Å²) in [5, 5.41) is 17.7. The summed E-state index contributed by atoms with van der Waals surface area (Å²) >= 11 is 1.48. The zero-order valence-electron chi connectivity index (χ0n) is 10.5. The van der Waals surface area contributed by atoms with E-state index in [9.17, 15) is 4.79 Å². The molecule has 0 fully saturated rings. The lowest BCUT2D eigenvalue weighted by Gasteiger charge is -2.22. The number of rotatable bonds is 5. The van der Waals surface area contributed by atoms with Crippen LogP contribution in [0.15, 0.2) is 5.16 Å². The topological polar surface area (TPSA) is 94.0 Å². The molecule has 0 aromatic carbocycles. The summed E-state index contributed by atoms with van der Waals surface area (Å²) in [6, 6.07) is 0. The first-order chi connectivity index (χ1) is 7.74. The zero-order chi connectivity index (χ0) is 13.2. The van der Waals surface area contributed by atoms with E-state index in [1.54, 1.807) is 0 Å². The van der Waals surface area contributed by atoms with E-state index < -0.39 is 11.5 Å². The maximum absolute atomic E-state index is 10.9. The number of thioether (sulfide) groups is 1. The normalized spacial score (nSPS) is 16.5. The average molecular weight is 258 g/mol. The number of carboxylic acids is 1. The monoisotopic (exact) mass is 258 g/mol. The second-order valence-corrected chi connectivity index (χ2v) is 5.85. The molecule has 0 saturated heterocycles. The fourth-order valence-corrected chi connectivity index (χ4v) is 2.56. The Kier molecular flexibility index (Phi) is 4.16. The molecule has 2 atom stereocenters. The molecule has 1 heterocycles. The van der Waals surface area contributed by atoms with E-state index in [1.807, 2.05) is 25.5 Å². The van der Waals surface area contributed by atoms with Gasteiger partial charge in [0.2, 0.25) is 0 Å². The van der Waals surface area contributed by atoms with Gasteiger partial charge in [-0.25, -0.2) is 0 Å². The van der Waals surface area contributed by atoms with Gasteiger partial charge in [-0.1, -0.05) is 18.7 Å². The predicted octanol–water partition coefficient (Wildman–Crippen LogP) is 0.796. The highest BCUT2D eigenvalue weighted by atomic mass is 32.2. The van der Waals surface area contributed by atoms with Crippen LogP contribution in [-0.4, -0.2) is 36.6 Å². The molecule has 0 amide bonds. The van der Waals surface area contributed by atoms with Crippen LogP contribution in [0.4, 0.5) is 0 Å². The van der Waals surface area contributed by atoms with Gasteiger partial charge in [0.05, 0.1) is 0 Å². The maximum Gasteiger partial charge on any atom is 0.323 e. The van der Waals surface area contributed by atoms with Crippen LogP contribution >= 0.6 is 11.8 Å². The minimum Gasteiger partial charge on any atom is -0.480 e. The second-order valence-electron chi connectivity index (χ2n) is 4.44. The average Bonchev–Trinajstić information content (AvgIpc) is 2.48. The smallest absolute Gasteiger partial charge is 0.323 e. The third-order valence-electron chi connectivity index (χ3n) is 2.56. The van der Waals surface area contributed by atoms with E-state index in [2.05, 4.69) is 10.2 Å². The molecule has 1 aromatic rings. The fraction of sp³-hybridized carbons (Fsp3) is 0.700. The Hall–Kier alpha value is -1.08. The molecule has 0 spiro atoms. The van der Waals surface area contributed by atoms with Gasteiger partial charge in [-0.15, -0.1) is 10.2 Å². The summed E-state index contributed by atoms with van der Waals surface area (Å²) in [5.41, 5.74) is 4.49. The summed E-state index contributed by atoms with van der Waals surface area (Å²) in [5.74, 6) is -0.160. The van der Waals surface area contributed by atoms with Gasteiger partial charge in [-0.2, -0.15) is 0 Å². The van der Waals surface area contributed by atoms with Crippen LogP contribution in [0, 0.1) is 6.92 Å². The summed E-state index contributed by atoms with van der Waals surface area (Å²) < 4.78 is 1.87. The van der Waals surface area contributed by atoms with Crippen molar-refractivity contribution in [1.29, 1.82) is 0 Å². The quantitative estimate of drug-likeness (QED) is 0.759. The van der Waals surface area contributed by atoms with E-state index in [-0.39, 0.29) is 5.25 Å². The number of hydrogen-bond donors (Lipinski definition) is 2. The van der Waals surface area contributed by atoms with Crippen LogP contribution in [0.2, 0.25) is 0 Å². The molecule has 96 valence electrons. The van der Waals surface area contributed by atoms with Crippen LogP contribution in [0.25, 0.3) is 0 Å². The summed E-state index contributed by atoms with van der Waals surface area (Å²) in [6.45, 7) is 5.32. The van der Waals surface area contributed by atoms with E-state index in [0.29, 0.717) is 6.42 Å². The van der Waals surface area contributed by atoms with Gasteiger partial charge < -0.3 is 15.4 Å². The van der Waals surface area contributed by atoms with Gasteiger partial charge >= 0.3 is 5.97 Å². The molecule has 1 rings (SSSR count). The Bertz CT molecular complexity index is 416. The van der Waals surface area contributed by atoms with E-state index >= 15 is 0 Å². The molecular formula is C10H18N4O2S. The van der Waals surface area contributed by atoms with Crippen molar-refractivity contribution >= 4 is 17.7 Å². The zero-order valence-corrected chi connectivity index (χ0v) is 11.3. The fourth-order valence-electron chi connectivity index (χ4n) is 1.40. The highest BCUT2D eigenvalue weighted by Crippen LogP contribution is 2.26. The van der Waals surface area contributed by atoms with E-state index in [4.69, 9.17) is 10.8 Å². The first kappa shape index (κ1) is 14.0. The lowest BCUT2D eigenvalue weighted by atomic mass is 9.98. The maximum atomic E-state index is 10.9. The molecular weight excluding hydrogens is 240 g/mol. The molecule has 0 saturated carbocycles. The van der Waals surface area contributed by atoms with Gasteiger partial charge in [0, 0.05) is 12.3 Å². The Labute approximate surface area is 105 Å². The van der Waals surface area contributed by atoms with Gasteiger partial charge in [0.1, 0.15) is 11.4 Å². The molecule has 0 aliphatic rings. The van der Waals surface area contributed by atoms with Crippen molar-refractivity contribution in [2.45, 2.75) is 43.1 Å². The standard InChI is InChI=1S/C10H18N4O2S/c1-6(5-10(3,11)8(15)16)17-9-13-12-7(2)14(9)4/h6H,5,11H2,1-4H3,(H,15,16). The number of carboxylic acid groups (broad SMARTS) is 1. The molecule has 1 aromatic heterocycles. The van der Waals surface area contributed by atoms with Crippen molar-refractivity contribution in [1.82, 2.24) is 14.8 Å². The second kappa shape index (κ2) is 5.05. The molecule has 17 heavy (non-hydrogen) atoms. The van der Waals surface area contributed by atoms with Gasteiger partial charge in [-0.05, 0) is 20.3 Å². The molecule has 3 N–H and O–H groups in total. The minimum atomic E-state index is -1.21. The number of aromatic nitrogens is 3. The van der Waals surface area contributed by atoms with Crippen LogP contribution in [0.3, 0.4) is 0 Å². The largest absolute Gasteiger partial charge is 0.480 e. The molecule has 7 heteroatoms. The highest BCUT2D eigenvalue weighted by molar-refractivity contribution is 7.99. The Balaban J connectivity index is 2.65. The minimum absolute atomic E-state index is 0.0587. The van der Waals surface area contributed by atoms with Crippen LogP contribution in [0.1, 0.15) is 26.1 Å². The van der Waals surface area contributed by atoms with Crippen LogP contribution < -0.4 is 5.73 Å². The molecule has 0 radical (unpaired) electrons. The van der Waals surface area contributed by atoms with Gasteiger partial charge in [0.15, 0.2) is 5.16 Å². The Morgan fingerprint density at radius 1 is 1.65 bits per heavy atom. The predicted molar refractivity (Wildman–Crippen MR) is 65.9 cm³/mol. The highest BCUT2D eigenvalue weighted by Gasteiger charge is 2.30. The summed E-state index contributed by atoms with van der Waals surface area (Å²) in [6.07, 6.45) is 0.374. The Morgan fingerprint density at radius 3 is 2.65 bits per heavy atom. The molecule has 0 aliphatic carbocycles. The van der Waals surface area contributed by atoms with Gasteiger partial charge in [-0.3, -0.25) is 4.79 Å². The van der Waals surface area contributed by atoms with Gasteiger partial charge in [0.25, 0.3) is 0 Å². The van der Waals surface area contributed by atoms with E-state index in [1.165, 1.54) is 18.7 Å². The molecule has 6 nitrogen and oxygen atoms in total. The molecule has 0 aliphatic heterocycles. The lowest BCUT2D eigenvalue weighted by molar-refractivity contribution is -0.142. The number of aryl methyl sites for hydroxylation is 1. The van der Waals surface area contributed by atoms with E-state index in [0.717, 1.165) is 11.0 Å². The third-order valence-corrected chi connectivity index (χ3v) is 3.69. The van der Waals surface area contributed by atoms with Crippen molar-refractivity contribution in [2.75, 3.05) is 0 Å².